The molecular weight excluding hydrogens is 318 g/mol. The number of amides is 2. The molecule has 7 heteroatoms. The van der Waals surface area contributed by atoms with Crippen LogP contribution in [0.5, 0.6) is 0 Å². The molecule has 0 bridgehead atoms. The van der Waals surface area contributed by atoms with Gasteiger partial charge in [0.25, 0.3) is 5.91 Å². The van der Waals surface area contributed by atoms with Crippen LogP contribution in [0, 0.1) is 0 Å². The van der Waals surface area contributed by atoms with Gasteiger partial charge in [0.15, 0.2) is 0 Å². The Kier molecular flexibility index (Phi) is 5.04. The summed E-state index contributed by atoms with van der Waals surface area (Å²) in [6.07, 6.45) is 1.46. The van der Waals surface area contributed by atoms with E-state index in [0.29, 0.717) is 23.6 Å². The minimum absolute atomic E-state index is 0.287. The number of ether oxygens (including phenoxy) is 1. The van der Waals surface area contributed by atoms with Crippen LogP contribution in [0.25, 0.3) is 0 Å². The van der Waals surface area contributed by atoms with Crippen LogP contribution in [0.4, 0.5) is 10.5 Å². The summed E-state index contributed by atoms with van der Waals surface area (Å²) in [6.45, 7) is 5.34. The molecule has 3 N–H and O–H groups in total. The maximum atomic E-state index is 12.4. The number of anilines is 1. The van der Waals surface area contributed by atoms with E-state index in [4.69, 9.17) is 16.3 Å². The lowest BCUT2D eigenvalue weighted by Gasteiger charge is -2.40. The van der Waals surface area contributed by atoms with Crippen molar-refractivity contribution in [3.8, 4) is 0 Å². The summed E-state index contributed by atoms with van der Waals surface area (Å²) in [4.78, 5) is 24.4. The molecule has 1 aliphatic rings. The first kappa shape index (κ1) is 17.4. The summed E-state index contributed by atoms with van der Waals surface area (Å²) < 4.78 is 5.23. The molecule has 0 spiro atoms. The highest BCUT2D eigenvalue weighted by Gasteiger charge is 2.46. The fourth-order valence-electron chi connectivity index (χ4n) is 2.22. The maximum Gasteiger partial charge on any atom is 0.408 e. The summed E-state index contributed by atoms with van der Waals surface area (Å²) in [5.74, 6) is -0.287. The van der Waals surface area contributed by atoms with Gasteiger partial charge in [-0.25, -0.2) is 4.79 Å². The summed E-state index contributed by atoms with van der Waals surface area (Å²) in [5.41, 5.74) is 4.63. The molecule has 23 heavy (non-hydrogen) atoms. The molecule has 0 aliphatic heterocycles. The Morgan fingerprint density at radius 3 is 2.26 bits per heavy atom. The van der Waals surface area contributed by atoms with E-state index in [1.165, 1.54) is 0 Å². The smallest absolute Gasteiger partial charge is 0.408 e. The quantitative estimate of drug-likeness (QED) is 0.736. The van der Waals surface area contributed by atoms with Gasteiger partial charge in [0.2, 0.25) is 0 Å². The standard InChI is InChI=1S/C16H22ClN3O3/c1-15(2,3)23-14(22)18-16(9-4-10-16)13(21)20-19-12-7-5-11(17)6-8-12/h5-8,19H,4,9-10H2,1-3H3,(H,18,22)(H,20,21). The predicted octanol–water partition coefficient (Wildman–Crippen LogP) is 3.23. The zero-order valence-corrected chi connectivity index (χ0v) is 14.3. The highest BCUT2D eigenvalue weighted by molar-refractivity contribution is 6.30. The van der Waals surface area contributed by atoms with Crippen molar-refractivity contribution in [2.24, 2.45) is 0 Å². The Labute approximate surface area is 140 Å². The van der Waals surface area contributed by atoms with E-state index in [-0.39, 0.29) is 5.91 Å². The molecular formula is C16H22ClN3O3. The fourth-order valence-corrected chi connectivity index (χ4v) is 2.35. The SMILES string of the molecule is CC(C)(C)OC(=O)NC1(C(=O)NNc2ccc(Cl)cc2)CCC1. The molecule has 126 valence electrons. The molecule has 6 nitrogen and oxygen atoms in total. The molecule has 1 aliphatic carbocycles. The van der Waals surface area contributed by atoms with Gasteiger partial charge >= 0.3 is 6.09 Å². The van der Waals surface area contributed by atoms with Gasteiger partial charge in [-0.15, -0.1) is 0 Å². The summed E-state index contributed by atoms with van der Waals surface area (Å²) in [7, 11) is 0. The second kappa shape index (κ2) is 6.66. The Morgan fingerprint density at radius 2 is 1.78 bits per heavy atom. The molecule has 1 aromatic rings. The van der Waals surface area contributed by atoms with Crippen molar-refractivity contribution in [1.82, 2.24) is 10.7 Å². The minimum atomic E-state index is -0.915. The molecule has 0 radical (unpaired) electrons. The van der Waals surface area contributed by atoms with Crippen molar-refractivity contribution in [2.45, 2.75) is 51.2 Å². The first-order chi connectivity index (χ1) is 10.7. The first-order valence-corrected chi connectivity index (χ1v) is 7.91. The Balaban J connectivity index is 1.92. The van der Waals surface area contributed by atoms with E-state index in [2.05, 4.69) is 16.2 Å². The lowest BCUT2D eigenvalue weighted by Crippen LogP contribution is -2.64. The van der Waals surface area contributed by atoms with Gasteiger partial charge in [-0.1, -0.05) is 11.6 Å². The van der Waals surface area contributed by atoms with E-state index in [9.17, 15) is 9.59 Å². The molecule has 0 unspecified atom stereocenters. The summed E-state index contributed by atoms with van der Waals surface area (Å²) in [6, 6.07) is 6.93. The van der Waals surface area contributed by atoms with Gasteiger partial charge in [0.1, 0.15) is 11.1 Å². The van der Waals surface area contributed by atoms with Crippen LogP contribution >= 0.6 is 11.6 Å². The second-order valence-corrected chi connectivity index (χ2v) is 7.09. The normalized spacial score (nSPS) is 16.0. The number of nitrogens with one attached hydrogen (secondary N) is 3. The molecule has 0 aromatic heterocycles. The number of halogens is 1. The fraction of sp³-hybridized carbons (Fsp3) is 0.500. The van der Waals surface area contributed by atoms with Gasteiger partial charge in [-0.2, -0.15) is 0 Å². The largest absolute Gasteiger partial charge is 0.444 e. The number of carbonyl (C=O) groups excluding carboxylic acids is 2. The maximum absolute atomic E-state index is 12.4. The van der Waals surface area contributed by atoms with Crippen LogP contribution < -0.4 is 16.2 Å². The zero-order valence-electron chi connectivity index (χ0n) is 13.5. The highest BCUT2D eigenvalue weighted by Crippen LogP contribution is 2.32. The van der Waals surface area contributed by atoms with Crippen molar-refractivity contribution >= 4 is 29.3 Å². The van der Waals surface area contributed by atoms with E-state index in [0.717, 1.165) is 6.42 Å². The Hall–Kier alpha value is -1.95. The van der Waals surface area contributed by atoms with Gasteiger partial charge < -0.3 is 10.1 Å². The molecule has 2 amide bonds. The monoisotopic (exact) mass is 339 g/mol. The number of carbonyl (C=O) groups is 2. The number of hydrogen-bond acceptors (Lipinski definition) is 4. The van der Waals surface area contributed by atoms with E-state index < -0.39 is 17.2 Å². The highest BCUT2D eigenvalue weighted by atomic mass is 35.5. The number of benzene rings is 1. The van der Waals surface area contributed by atoms with Gasteiger partial charge in [-0.3, -0.25) is 15.6 Å². The predicted molar refractivity (Wildman–Crippen MR) is 89.2 cm³/mol. The third-order valence-corrected chi connectivity index (χ3v) is 3.80. The first-order valence-electron chi connectivity index (χ1n) is 7.53. The third kappa shape index (κ3) is 4.76. The molecule has 1 fully saturated rings. The molecule has 0 heterocycles. The van der Waals surface area contributed by atoms with Crippen LogP contribution in [0.2, 0.25) is 5.02 Å². The van der Waals surface area contributed by atoms with Crippen LogP contribution in [0.1, 0.15) is 40.0 Å². The summed E-state index contributed by atoms with van der Waals surface area (Å²) >= 11 is 5.81. The molecule has 1 saturated carbocycles. The van der Waals surface area contributed by atoms with E-state index in [1.807, 2.05) is 0 Å². The van der Waals surface area contributed by atoms with E-state index in [1.54, 1.807) is 45.0 Å². The van der Waals surface area contributed by atoms with Gasteiger partial charge in [0, 0.05) is 5.02 Å². The van der Waals surface area contributed by atoms with Gasteiger partial charge in [0.05, 0.1) is 5.69 Å². The third-order valence-electron chi connectivity index (χ3n) is 3.55. The van der Waals surface area contributed by atoms with E-state index >= 15 is 0 Å². The molecule has 1 aromatic carbocycles. The van der Waals surface area contributed by atoms with Crippen molar-refractivity contribution < 1.29 is 14.3 Å². The molecule has 0 saturated heterocycles. The topological polar surface area (TPSA) is 79.5 Å². The number of hydrogen-bond donors (Lipinski definition) is 3. The van der Waals surface area contributed by atoms with Crippen LogP contribution in [-0.2, 0) is 9.53 Å². The Morgan fingerprint density at radius 1 is 1.17 bits per heavy atom. The second-order valence-electron chi connectivity index (χ2n) is 6.65. The molecule has 2 rings (SSSR count). The lowest BCUT2D eigenvalue weighted by molar-refractivity contribution is -0.130. The van der Waals surface area contributed by atoms with Crippen molar-refractivity contribution in [2.75, 3.05) is 5.43 Å². The van der Waals surface area contributed by atoms with Crippen molar-refractivity contribution in [1.29, 1.82) is 0 Å². The number of hydrazine groups is 1. The lowest BCUT2D eigenvalue weighted by atomic mass is 9.76. The summed E-state index contributed by atoms with van der Waals surface area (Å²) in [5, 5.41) is 3.31. The number of rotatable bonds is 4. The van der Waals surface area contributed by atoms with Crippen molar-refractivity contribution in [3.63, 3.8) is 0 Å². The average molecular weight is 340 g/mol. The van der Waals surface area contributed by atoms with Crippen LogP contribution in [0.3, 0.4) is 0 Å². The Bertz CT molecular complexity index is 577. The van der Waals surface area contributed by atoms with Crippen LogP contribution in [0.15, 0.2) is 24.3 Å². The number of alkyl carbamates (subject to hydrolysis) is 1. The van der Waals surface area contributed by atoms with Gasteiger partial charge in [-0.05, 0) is 64.3 Å². The zero-order chi connectivity index (χ0) is 17.1. The molecule has 0 atom stereocenters. The minimum Gasteiger partial charge on any atom is -0.444 e. The average Bonchev–Trinajstić information content (AvgIpc) is 2.40. The van der Waals surface area contributed by atoms with Crippen LogP contribution in [-0.4, -0.2) is 23.1 Å². The van der Waals surface area contributed by atoms with Crippen molar-refractivity contribution in [3.05, 3.63) is 29.3 Å².